The Morgan fingerprint density at radius 3 is 2.23 bits per heavy atom. The third-order valence-corrected chi connectivity index (χ3v) is 5.92. The first-order valence-corrected chi connectivity index (χ1v) is 10.3. The van der Waals surface area contributed by atoms with Crippen molar-refractivity contribution in [2.24, 2.45) is 11.8 Å². The van der Waals surface area contributed by atoms with E-state index in [9.17, 15) is 4.39 Å². The van der Waals surface area contributed by atoms with Crippen LogP contribution in [-0.4, -0.2) is 10.2 Å². The molecular formula is C23H31FN2. The zero-order valence-electron chi connectivity index (χ0n) is 16.2. The molecule has 2 nitrogen and oxygen atoms in total. The molecular weight excluding hydrogens is 323 g/mol. The summed E-state index contributed by atoms with van der Waals surface area (Å²) in [6.45, 7) is 4.33. The van der Waals surface area contributed by atoms with E-state index in [1.807, 2.05) is 24.3 Å². The summed E-state index contributed by atoms with van der Waals surface area (Å²) in [5, 5.41) is 8.39. The molecule has 26 heavy (non-hydrogen) atoms. The summed E-state index contributed by atoms with van der Waals surface area (Å²) >= 11 is 0. The van der Waals surface area contributed by atoms with Crippen LogP contribution in [0.3, 0.4) is 0 Å². The zero-order valence-corrected chi connectivity index (χ0v) is 16.2. The molecule has 0 radical (unpaired) electrons. The van der Waals surface area contributed by atoms with Crippen LogP contribution in [0.5, 0.6) is 0 Å². The predicted octanol–water partition coefficient (Wildman–Crippen LogP) is 6.38. The minimum absolute atomic E-state index is 0.108. The fraction of sp³-hybridized carbons (Fsp3) is 0.565. The average molecular weight is 355 g/mol. The first kappa shape index (κ1) is 19.0. The lowest BCUT2D eigenvalue weighted by molar-refractivity contribution is 0.252. The van der Waals surface area contributed by atoms with Crippen molar-refractivity contribution in [2.75, 3.05) is 0 Å². The second kappa shape index (κ2) is 9.25. The standard InChI is InChI=1S/C23H31FN2/c1-3-5-17-6-8-18(9-7-17)10-11-19-12-13-20(16-22(19)24)23-15-14-21(4-2)25-26-23/h12-18H,3-11H2,1-2H3/t17-,18-. The normalized spacial score (nSPS) is 20.3. The van der Waals surface area contributed by atoms with E-state index in [4.69, 9.17) is 0 Å². The second-order valence-electron chi connectivity index (χ2n) is 7.78. The molecule has 0 amide bonds. The average Bonchev–Trinajstić information content (AvgIpc) is 2.68. The van der Waals surface area contributed by atoms with Crippen molar-refractivity contribution in [2.45, 2.75) is 71.6 Å². The van der Waals surface area contributed by atoms with Crippen molar-refractivity contribution >= 4 is 0 Å². The SMILES string of the molecule is CCC[C@H]1CC[C@H](CCc2ccc(-c3ccc(CC)nn3)cc2F)CC1. The zero-order chi connectivity index (χ0) is 18.4. The fourth-order valence-corrected chi connectivity index (χ4v) is 4.19. The van der Waals surface area contributed by atoms with Gasteiger partial charge in [0.05, 0.1) is 11.4 Å². The topological polar surface area (TPSA) is 25.8 Å². The molecule has 1 saturated carbocycles. The van der Waals surface area contributed by atoms with Crippen molar-refractivity contribution in [1.29, 1.82) is 0 Å². The van der Waals surface area contributed by atoms with Gasteiger partial charge in [0.1, 0.15) is 5.82 Å². The van der Waals surface area contributed by atoms with Crippen LogP contribution in [0.15, 0.2) is 30.3 Å². The van der Waals surface area contributed by atoms with E-state index in [1.165, 1.54) is 38.5 Å². The highest BCUT2D eigenvalue weighted by molar-refractivity contribution is 5.59. The summed E-state index contributed by atoms with van der Waals surface area (Å²) in [6.07, 6.45) is 10.9. The Balaban J connectivity index is 1.56. The van der Waals surface area contributed by atoms with Gasteiger partial charge >= 0.3 is 0 Å². The minimum Gasteiger partial charge on any atom is -0.207 e. The van der Waals surface area contributed by atoms with E-state index in [-0.39, 0.29) is 5.82 Å². The maximum absolute atomic E-state index is 14.5. The van der Waals surface area contributed by atoms with Crippen LogP contribution >= 0.6 is 0 Å². The van der Waals surface area contributed by atoms with Gasteiger partial charge in [-0.2, -0.15) is 10.2 Å². The summed E-state index contributed by atoms with van der Waals surface area (Å²) in [5.41, 5.74) is 3.34. The number of hydrogen-bond acceptors (Lipinski definition) is 2. The van der Waals surface area contributed by atoms with Crippen molar-refractivity contribution in [3.05, 3.63) is 47.4 Å². The number of rotatable bonds is 7. The van der Waals surface area contributed by atoms with Crippen LogP contribution in [0, 0.1) is 17.7 Å². The molecule has 1 aliphatic rings. The third-order valence-electron chi connectivity index (χ3n) is 5.92. The molecule has 0 aliphatic heterocycles. The van der Waals surface area contributed by atoms with Crippen molar-refractivity contribution in [3.63, 3.8) is 0 Å². The lowest BCUT2D eigenvalue weighted by Gasteiger charge is -2.28. The van der Waals surface area contributed by atoms with Crippen molar-refractivity contribution in [1.82, 2.24) is 10.2 Å². The van der Waals surface area contributed by atoms with Gasteiger partial charge in [-0.25, -0.2) is 4.39 Å². The molecule has 3 rings (SSSR count). The Morgan fingerprint density at radius 1 is 0.923 bits per heavy atom. The lowest BCUT2D eigenvalue weighted by Crippen LogP contribution is -2.15. The molecule has 1 aliphatic carbocycles. The molecule has 0 spiro atoms. The molecule has 1 aromatic heterocycles. The van der Waals surface area contributed by atoms with Gasteiger partial charge in [-0.05, 0) is 54.9 Å². The highest BCUT2D eigenvalue weighted by Crippen LogP contribution is 2.34. The molecule has 0 bridgehead atoms. The summed E-state index contributed by atoms with van der Waals surface area (Å²) in [5.74, 6) is 1.60. The molecule has 0 unspecified atom stereocenters. The highest BCUT2D eigenvalue weighted by Gasteiger charge is 2.20. The number of aryl methyl sites for hydroxylation is 2. The van der Waals surface area contributed by atoms with E-state index in [0.717, 1.165) is 53.6 Å². The first-order chi connectivity index (χ1) is 12.7. The smallest absolute Gasteiger partial charge is 0.127 e. The number of hydrogen-bond donors (Lipinski definition) is 0. The highest BCUT2D eigenvalue weighted by atomic mass is 19.1. The summed E-state index contributed by atoms with van der Waals surface area (Å²) in [4.78, 5) is 0. The van der Waals surface area contributed by atoms with Gasteiger partial charge in [-0.15, -0.1) is 0 Å². The number of aromatic nitrogens is 2. The van der Waals surface area contributed by atoms with Gasteiger partial charge in [-0.1, -0.05) is 64.5 Å². The maximum atomic E-state index is 14.5. The van der Waals surface area contributed by atoms with Crippen LogP contribution in [-0.2, 0) is 12.8 Å². The maximum Gasteiger partial charge on any atom is 0.127 e. The Hall–Kier alpha value is -1.77. The van der Waals surface area contributed by atoms with E-state index >= 15 is 0 Å². The Labute approximate surface area is 157 Å². The van der Waals surface area contributed by atoms with E-state index in [2.05, 4.69) is 24.0 Å². The predicted molar refractivity (Wildman–Crippen MR) is 105 cm³/mol. The fourth-order valence-electron chi connectivity index (χ4n) is 4.19. The van der Waals surface area contributed by atoms with Gasteiger partial charge in [0.2, 0.25) is 0 Å². The monoisotopic (exact) mass is 354 g/mol. The summed E-state index contributed by atoms with van der Waals surface area (Å²) in [7, 11) is 0. The van der Waals surface area contributed by atoms with Gasteiger partial charge in [0, 0.05) is 5.56 Å². The Bertz CT molecular complexity index is 688. The lowest BCUT2D eigenvalue weighted by atomic mass is 9.78. The van der Waals surface area contributed by atoms with Crippen LogP contribution < -0.4 is 0 Å². The number of halogens is 1. The third kappa shape index (κ3) is 4.90. The molecule has 3 heteroatoms. The molecule has 1 fully saturated rings. The van der Waals surface area contributed by atoms with E-state index in [0.29, 0.717) is 0 Å². The van der Waals surface area contributed by atoms with Gasteiger partial charge in [0.25, 0.3) is 0 Å². The first-order valence-electron chi connectivity index (χ1n) is 10.3. The summed E-state index contributed by atoms with van der Waals surface area (Å²) in [6, 6.07) is 9.41. The van der Waals surface area contributed by atoms with Crippen LogP contribution in [0.1, 0.15) is 70.1 Å². The molecule has 0 saturated heterocycles. The van der Waals surface area contributed by atoms with Gasteiger partial charge in [-0.3, -0.25) is 0 Å². The molecule has 1 heterocycles. The molecule has 2 aromatic rings. The van der Waals surface area contributed by atoms with E-state index < -0.39 is 0 Å². The summed E-state index contributed by atoms with van der Waals surface area (Å²) < 4.78 is 14.5. The second-order valence-corrected chi connectivity index (χ2v) is 7.78. The van der Waals surface area contributed by atoms with Crippen LogP contribution in [0.2, 0.25) is 0 Å². The molecule has 0 atom stereocenters. The van der Waals surface area contributed by atoms with E-state index in [1.54, 1.807) is 6.07 Å². The molecule has 0 N–H and O–H groups in total. The van der Waals surface area contributed by atoms with Crippen LogP contribution in [0.25, 0.3) is 11.3 Å². The minimum atomic E-state index is -0.108. The Kier molecular flexibility index (Phi) is 6.76. The number of benzene rings is 1. The quantitative estimate of drug-likeness (QED) is 0.576. The van der Waals surface area contributed by atoms with Gasteiger partial charge < -0.3 is 0 Å². The largest absolute Gasteiger partial charge is 0.207 e. The molecule has 1 aromatic carbocycles. The van der Waals surface area contributed by atoms with Crippen molar-refractivity contribution < 1.29 is 4.39 Å². The molecule has 140 valence electrons. The van der Waals surface area contributed by atoms with Gasteiger partial charge in [0.15, 0.2) is 0 Å². The Morgan fingerprint density at radius 2 is 1.65 bits per heavy atom. The van der Waals surface area contributed by atoms with Crippen LogP contribution in [0.4, 0.5) is 4.39 Å². The van der Waals surface area contributed by atoms with Crippen molar-refractivity contribution in [3.8, 4) is 11.3 Å². The number of nitrogens with zero attached hydrogens (tertiary/aromatic N) is 2.